The monoisotopic (exact) mass is 333 g/mol. The molecule has 5 nitrogen and oxygen atoms in total. The molecule has 22 heavy (non-hydrogen) atoms. The number of hydrogen-bond acceptors (Lipinski definition) is 6. The largest absolute Gasteiger partial charge is 0.461 e. The summed E-state index contributed by atoms with van der Waals surface area (Å²) in [4.78, 5) is 14.5. The fraction of sp³-hybridized carbons (Fsp3) is 0.267. The van der Waals surface area contributed by atoms with Gasteiger partial charge in [-0.2, -0.15) is 0 Å². The Morgan fingerprint density at radius 2 is 2.23 bits per heavy atom. The van der Waals surface area contributed by atoms with Crippen LogP contribution in [-0.4, -0.2) is 26.3 Å². The molecule has 114 valence electrons. The standard InChI is InChI=1S/C15H15N3O2S2/c1-9-7-11(10(2)22-9)12(19)8-21-15-17-16-14(18(15)3)13-5-4-6-20-13/h4-7H,8H2,1-3H3. The molecule has 0 spiro atoms. The average molecular weight is 333 g/mol. The first-order chi connectivity index (χ1) is 10.6. The maximum Gasteiger partial charge on any atom is 0.200 e. The van der Waals surface area contributed by atoms with Gasteiger partial charge >= 0.3 is 0 Å². The molecule has 0 unspecified atom stereocenters. The maximum absolute atomic E-state index is 12.3. The second-order valence-electron chi connectivity index (χ2n) is 4.88. The number of ketones is 1. The van der Waals surface area contributed by atoms with Crippen molar-refractivity contribution in [2.45, 2.75) is 19.0 Å². The smallest absolute Gasteiger partial charge is 0.200 e. The van der Waals surface area contributed by atoms with Crippen LogP contribution in [0.5, 0.6) is 0 Å². The van der Waals surface area contributed by atoms with Gasteiger partial charge in [0.1, 0.15) is 0 Å². The van der Waals surface area contributed by atoms with Crippen molar-refractivity contribution < 1.29 is 9.21 Å². The highest BCUT2D eigenvalue weighted by molar-refractivity contribution is 7.99. The third kappa shape index (κ3) is 2.86. The van der Waals surface area contributed by atoms with Crippen LogP contribution in [0.15, 0.2) is 34.0 Å². The van der Waals surface area contributed by atoms with E-state index in [2.05, 4.69) is 10.2 Å². The van der Waals surface area contributed by atoms with Crippen LogP contribution in [0.2, 0.25) is 0 Å². The molecule has 0 aliphatic rings. The molecular formula is C15H15N3O2S2. The van der Waals surface area contributed by atoms with E-state index >= 15 is 0 Å². The first-order valence-electron chi connectivity index (χ1n) is 6.72. The van der Waals surface area contributed by atoms with Crippen molar-refractivity contribution in [3.05, 3.63) is 39.8 Å². The molecule has 0 amide bonds. The molecule has 0 aliphatic heterocycles. The Bertz CT molecular complexity index is 803. The maximum atomic E-state index is 12.3. The molecule has 0 atom stereocenters. The van der Waals surface area contributed by atoms with Crippen LogP contribution in [0.1, 0.15) is 20.1 Å². The molecule has 0 N–H and O–H groups in total. The number of thioether (sulfide) groups is 1. The minimum absolute atomic E-state index is 0.120. The second kappa shape index (κ2) is 6.10. The Labute approximate surface area is 136 Å². The number of carbonyl (C=O) groups excluding carboxylic acids is 1. The van der Waals surface area contributed by atoms with Crippen molar-refractivity contribution in [1.29, 1.82) is 0 Å². The summed E-state index contributed by atoms with van der Waals surface area (Å²) in [5, 5.41) is 8.95. The molecule has 0 saturated carbocycles. The summed E-state index contributed by atoms with van der Waals surface area (Å²) in [6.07, 6.45) is 1.60. The molecule has 7 heteroatoms. The van der Waals surface area contributed by atoms with E-state index in [9.17, 15) is 4.79 Å². The number of hydrogen-bond donors (Lipinski definition) is 0. The third-order valence-corrected chi connectivity index (χ3v) is 5.24. The minimum atomic E-state index is 0.120. The van der Waals surface area contributed by atoms with Gasteiger partial charge in [0.15, 0.2) is 22.5 Å². The molecule has 3 aromatic rings. The number of aryl methyl sites for hydroxylation is 2. The summed E-state index contributed by atoms with van der Waals surface area (Å²) >= 11 is 3.04. The van der Waals surface area contributed by atoms with Gasteiger partial charge in [0.25, 0.3) is 0 Å². The second-order valence-corrected chi connectivity index (χ2v) is 7.28. The summed E-state index contributed by atoms with van der Waals surface area (Å²) in [6, 6.07) is 5.59. The number of nitrogens with zero attached hydrogens (tertiary/aromatic N) is 3. The fourth-order valence-corrected chi connectivity index (χ4v) is 3.91. The Morgan fingerprint density at radius 3 is 2.86 bits per heavy atom. The third-order valence-electron chi connectivity index (χ3n) is 3.25. The van der Waals surface area contributed by atoms with E-state index < -0.39 is 0 Å². The van der Waals surface area contributed by atoms with Gasteiger partial charge < -0.3 is 8.98 Å². The van der Waals surface area contributed by atoms with Crippen LogP contribution < -0.4 is 0 Å². The lowest BCUT2D eigenvalue weighted by Crippen LogP contribution is -2.04. The van der Waals surface area contributed by atoms with E-state index in [0.717, 1.165) is 15.3 Å². The molecule has 0 bridgehead atoms. The molecule has 0 fully saturated rings. The summed E-state index contributed by atoms with van der Waals surface area (Å²) in [5.41, 5.74) is 0.809. The van der Waals surface area contributed by atoms with Crippen LogP contribution in [0.3, 0.4) is 0 Å². The van der Waals surface area contributed by atoms with E-state index in [1.54, 1.807) is 17.6 Å². The summed E-state index contributed by atoms with van der Waals surface area (Å²) < 4.78 is 7.16. The molecule has 0 aromatic carbocycles. The van der Waals surface area contributed by atoms with Crippen LogP contribution >= 0.6 is 23.1 Å². The Morgan fingerprint density at radius 1 is 1.41 bits per heavy atom. The highest BCUT2D eigenvalue weighted by Gasteiger charge is 2.16. The van der Waals surface area contributed by atoms with E-state index in [1.807, 2.05) is 43.7 Å². The van der Waals surface area contributed by atoms with Crippen molar-refractivity contribution in [2.24, 2.45) is 7.05 Å². The highest BCUT2D eigenvalue weighted by atomic mass is 32.2. The fourth-order valence-electron chi connectivity index (χ4n) is 2.18. The van der Waals surface area contributed by atoms with Crippen molar-refractivity contribution in [3.63, 3.8) is 0 Å². The summed E-state index contributed by atoms with van der Waals surface area (Å²) in [6.45, 7) is 3.99. The molecule has 0 radical (unpaired) electrons. The molecule has 3 heterocycles. The molecular weight excluding hydrogens is 318 g/mol. The van der Waals surface area contributed by atoms with Crippen LogP contribution in [-0.2, 0) is 7.05 Å². The van der Waals surface area contributed by atoms with Gasteiger partial charge in [0, 0.05) is 22.4 Å². The van der Waals surface area contributed by atoms with Gasteiger partial charge in [-0.05, 0) is 32.0 Å². The number of furan rings is 1. The average Bonchev–Trinajstić information content (AvgIpc) is 3.17. The molecule has 3 aromatic heterocycles. The SMILES string of the molecule is Cc1cc(C(=O)CSc2nnc(-c3ccco3)n2C)c(C)s1. The quantitative estimate of drug-likeness (QED) is 0.526. The Balaban J connectivity index is 1.72. The Kier molecular flexibility index (Phi) is 4.17. The van der Waals surface area contributed by atoms with E-state index in [-0.39, 0.29) is 5.78 Å². The van der Waals surface area contributed by atoms with Crippen molar-refractivity contribution >= 4 is 28.9 Å². The zero-order chi connectivity index (χ0) is 15.7. The molecule has 0 aliphatic carbocycles. The van der Waals surface area contributed by atoms with Crippen molar-refractivity contribution in [1.82, 2.24) is 14.8 Å². The number of thiophene rings is 1. The summed E-state index contributed by atoms with van der Waals surface area (Å²) in [5.74, 6) is 1.79. The number of rotatable bonds is 5. The number of Topliss-reactive ketones (excluding diaryl/α,β-unsaturated/α-hetero) is 1. The normalized spacial score (nSPS) is 11.0. The molecule has 0 saturated heterocycles. The van der Waals surface area contributed by atoms with Gasteiger partial charge in [-0.3, -0.25) is 4.79 Å². The van der Waals surface area contributed by atoms with E-state index in [1.165, 1.54) is 11.8 Å². The Hall–Kier alpha value is -1.86. The molecule has 3 rings (SSSR count). The lowest BCUT2D eigenvalue weighted by Gasteiger charge is -2.02. The lowest BCUT2D eigenvalue weighted by atomic mass is 10.2. The van der Waals surface area contributed by atoms with Gasteiger partial charge in [-0.1, -0.05) is 11.8 Å². The van der Waals surface area contributed by atoms with Gasteiger partial charge in [0.2, 0.25) is 0 Å². The zero-order valence-corrected chi connectivity index (χ0v) is 14.1. The number of aromatic nitrogens is 3. The first-order valence-corrected chi connectivity index (χ1v) is 8.52. The first kappa shape index (κ1) is 15.1. The van der Waals surface area contributed by atoms with Gasteiger partial charge in [-0.15, -0.1) is 21.5 Å². The van der Waals surface area contributed by atoms with Crippen LogP contribution in [0.4, 0.5) is 0 Å². The van der Waals surface area contributed by atoms with Crippen LogP contribution in [0, 0.1) is 13.8 Å². The van der Waals surface area contributed by atoms with E-state index in [0.29, 0.717) is 22.5 Å². The summed E-state index contributed by atoms with van der Waals surface area (Å²) in [7, 11) is 1.87. The van der Waals surface area contributed by atoms with Crippen molar-refractivity contribution in [2.75, 3.05) is 5.75 Å². The predicted octanol–water partition coefficient (Wildman–Crippen LogP) is 3.73. The van der Waals surface area contributed by atoms with Gasteiger partial charge in [-0.25, -0.2) is 0 Å². The zero-order valence-electron chi connectivity index (χ0n) is 12.5. The highest BCUT2D eigenvalue weighted by Crippen LogP contribution is 2.26. The van der Waals surface area contributed by atoms with E-state index in [4.69, 9.17) is 4.42 Å². The van der Waals surface area contributed by atoms with Crippen LogP contribution in [0.25, 0.3) is 11.6 Å². The lowest BCUT2D eigenvalue weighted by molar-refractivity contribution is 0.102. The topological polar surface area (TPSA) is 60.9 Å². The van der Waals surface area contributed by atoms with Crippen molar-refractivity contribution in [3.8, 4) is 11.6 Å². The van der Waals surface area contributed by atoms with Gasteiger partial charge in [0.05, 0.1) is 12.0 Å². The number of carbonyl (C=O) groups is 1. The predicted molar refractivity (Wildman–Crippen MR) is 87.6 cm³/mol. The minimum Gasteiger partial charge on any atom is -0.461 e.